The molecule has 0 heterocycles. The minimum Gasteiger partial charge on any atom is -0.351 e. The molecule has 142 valence electrons. The standard InChI is InChI=1S/C16H28F4N2O2/c1-3-5-7-9-11-21-13(23)15(17,18)16(19,20)14(24)22-12-10-8-6-4-2/h3-12H2,1-2H3,(H,21,23)(H,22,24). The molecule has 0 saturated carbocycles. The maximum absolute atomic E-state index is 13.6. The summed E-state index contributed by atoms with van der Waals surface area (Å²) < 4.78 is 54.5. The highest BCUT2D eigenvalue weighted by Crippen LogP contribution is 2.34. The fourth-order valence-electron chi connectivity index (χ4n) is 2.01. The third-order valence-corrected chi connectivity index (χ3v) is 3.60. The highest BCUT2D eigenvalue weighted by molar-refractivity contribution is 5.95. The van der Waals surface area contributed by atoms with Gasteiger partial charge in [-0.25, -0.2) is 0 Å². The summed E-state index contributed by atoms with van der Waals surface area (Å²) in [5, 5.41) is 3.56. The van der Waals surface area contributed by atoms with E-state index in [9.17, 15) is 27.2 Å². The van der Waals surface area contributed by atoms with Gasteiger partial charge in [-0.15, -0.1) is 0 Å². The van der Waals surface area contributed by atoms with Crippen LogP contribution < -0.4 is 10.6 Å². The fourth-order valence-corrected chi connectivity index (χ4v) is 2.01. The maximum atomic E-state index is 13.6. The van der Waals surface area contributed by atoms with Gasteiger partial charge in [-0.05, 0) is 12.8 Å². The number of nitrogens with one attached hydrogen (secondary N) is 2. The summed E-state index contributed by atoms with van der Waals surface area (Å²) in [6, 6.07) is 0. The summed E-state index contributed by atoms with van der Waals surface area (Å²) in [7, 11) is 0. The van der Waals surface area contributed by atoms with Crippen molar-refractivity contribution in [1.82, 2.24) is 10.6 Å². The van der Waals surface area contributed by atoms with E-state index in [0.29, 0.717) is 25.7 Å². The van der Waals surface area contributed by atoms with Crippen molar-refractivity contribution in [2.24, 2.45) is 0 Å². The first-order valence-electron chi connectivity index (χ1n) is 8.54. The number of alkyl halides is 4. The first-order valence-corrected chi connectivity index (χ1v) is 8.54. The van der Waals surface area contributed by atoms with Crippen LogP contribution in [0.1, 0.15) is 65.2 Å². The van der Waals surface area contributed by atoms with Crippen LogP contribution in [0.5, 0.6) is 0 Å². The van der Waals surface area contributed by atoms with Gasteiger partial charge in [-0.1, -0.05) is 52.4 Å². The molecule has 0 bridgehead atoms. The number of halogens is 4. The lowest BCUT2D eigenvalue weighted by Gasteiger charge is -2.24. The quantitative estimate of drug-likeness (QED) is 0.391. The Morgan fingerprint density at radius 2 is 1.00 bits per heavy atom. The zero-order chi connectivity index (χ0) is 18.6. The molecule has 2 N–H and O–H groups in total. The maximum Gasteiger partial charge on any atom is 0.395 e. The molecule has 0 rings (SSSR count). The monoisotopic (exact) mass is 356 g/mol. The van der Waals surface area contributed by atoms with E-state index in [4.69, 9.17) is 0 Å². The van der Waals surface area contributed by atoms with Crippen LogP contribution in [-0.4, -0.2) is 36.7 Å². The van der Waals surface area contributed by atoms with Gasteiger partial charge < -0.3 is 10.6 Å². The molecule has 0 aromatic carbocycles. The summed E-state index contributed by atoms with van der Waals surface area (Å²) >= 11 is 0. The van der Waals surface area contributed by atoms with Crippen molar-refractivity contribution in [3.63, 3.8) is 0 Å². The summed E-state index contributed by atoms with van der Waals surface area (Å²) in [6.45, 7) is 3.66. The van der Waals surface area contributed by atoms with Crippen molar-refractivity contribution in [2.45, 2.75) is 77.1 Å². The third kappa shape index (κ3) is 7.05. The highest BCUT2D eigenvalue weighted by Gasteiger charge is 2.66. The zero-order valence-corrected chi connectivity index (χ0v) is 14.4. The van der Waals surface area contributed by atoms with Crippen LogP contribution in [0.25, 0.3) is 0 Å². The van der Waals surface area contributed by atoms with Gasteiger partial charge in [0.1, 0.15) is 0 Å². The molecule has 0 aromatic heterocycles. The van der Waals surface area contributed by atoms with E-state index in [-0.39, 0.29) is 13.1 Å². The van der Waals surface area contributed by atoms with E-state index in [1.807, 2.05) is 13.8 Å². The predicted molar refractivity (Wildman–Crippen MR) is 84.2 cm³/mol. The smallest absolute Gasteiger partial charge is 0.351 e. The van der Waals surface area contributed by atoms with Gasteiger partial charge in [0, 0.05) is 13.1 Å². The third-order valence-electron chi connectivity index (χ3n) is 3.60. The van der Waals surface area contributed by atoms with Gasteiger partial charge in [0.15, 0.2) is 0 Å². The predicted octanol–water partition coefficient (Wildman–Crippen LogP) is 3.65. The Kier molecular flexibility index (Phi) is 10.6. The highest BCUT2D eigenvalue weighted by atomic mass is 19.3. The molecule has 0 aliphatic rings. The van der Waals surface area contributed by atoms with Gasteiger partial charge >= 0.3 is 11.8 Å². The first-order chi connectivity index (χ1) is 11.2. The Labute approximate surface area is 140 Å². The fraction of sp³-hybridized carbons (Fsp3) is 0.875. The summed E-state index contributed by atoms with van der Waals surface area (Å²) in [6.07, 6.45) is 5.82. The molecule has 0 atom stereocenters. The Morgan fingerprint density at radius 3 is 1.29 bits per heavy atom. The molecule has 24 heavy (non-hydrogen) atoms. The second-order valence-corrected chi connectivity index (χ2v) is 5.78. The van der Waals surface area contributed by atoms with E-state index >= 15 is 0 Å². The SMILES string of the molecule is CCCCCCNC(=O)C(F)(F)C(F)(F)C(=O)NCCCCCC. The van der Waals surface area contributed by atoms with E-state index < -0.39 is 23.7 Å². The molecular formula is C16H28F4N2O2. The van der Waals surface area contributed by atoms with Gasteiger partial charge in [-0.3, -0.25) is 9.59 Å². The van der Waals surface area contributed by atoms with E-state index in [0.717, 1.165) is 25.7 Å². The Balaban J connectivity index is 4.44. The summed E-state index contributed by atoms with van der Waals surface area (Å²) in [5.74, 6) is -14.4. The van der Waals surface area contributed by atoms with Crippen molar-refractivity contribution in [3.05, 3.63) is 0 Å². The van der Waals surface area contributed by atoms with Gasteiger partial charge in [0.05, 0.1) is 0 Å². The van der Waals surface area contributed by atoms with Crippen molar-refractivity contribution in [3.8, 4) is 0 Å². The average molecular weight is 356 g/mol. The number of rotatable bonds is 13. The van der Waals surface area contributed by atoms with Crippen molar-refractivity contribution >= 4 is 11.8 Å². The Morgan fingerprint density at radius 1 is 0.667 bits per heavy atom. The lowest BCUT2D eigenvalue weighted by atomic mass is 10.1. The second kappa shape index (κ2) is 11.3. The molecule has 0 spiro atoms. The van der Waals surface area contributed by atoms with Crippen LogP contribution in [0.3, 0.4) is 0 Å². The molecule has 4 nitrogen and oxygen atoms in total. The zero-order valence-electron chi connectivity index (χ0n) is 14.4. The summed E-state index contributed by atoms with van der Waals surface area (Å²) in [4.78, 5) is 22.7. The number of hydrogen-bond acceptors (Lipinski definition) is 2. The minimum absolute atomic E-state index is 0.122. The lowest BCUT2D eigenvalue weighted by molar-refractivity contribution is -0.211. The lowest BCUT2D eigenvalue weighted by Crippen LogP contribution is -2.59. The molecular weight excluding hydrogens is 328 g/mol. The Bertz CT molecular complexity index is 354. The van der Waals surface area contributed by atoms with Crippen molar-refractivity contribution < 1.29 is 27.2 Å². The molecule has 2 amide bonds. The molecule has 0 radical (unpaired) electrons. The molecule has 0 aliphatic carbocycles. The molecule has 8 heteroatoms. The van der Waals surface area contributed by atoms with Crippen LogP contribution >= 0.6 is 0 Å². The topological polar surface area (TPSA) is 58.2 Å². The van der Waals surface area contributed by atoms with E-state index in [1.165, 1.54) is 0 Å². The van der Waals surface area contributed by atoms with E-state index in [2.05, 4.69) is 0 Å². The van der Waals surface area contributed by atoms with Crippen LogP contribution in [0, 0.1) is 0 Å². The molecule has 0 aliphatic heterocycles. The second-order valence-electron chi connectivity index (χ2n) is 5.78. The van der Waals surface area contributed by atoms with E-state index in [1.54, 1.807) is 10.6 Å². The average Bonchev–Trinajstić information content (AvgIpc) is 2.53. The number of carbonyl (C=O) groups is 2. The first kappa shape index (κ1) is 22.7. The number of carbonyl (C=O) groups excluding carboxylic acids is 2. The molecule has 0 aromatic rings. The van der Waals surface area contributed by atoms with Gasteiger partial charge in [-0.2, -0.15) is 17.6 Å². The van der Waals surface area contributed by atoms with Crippen LogP contribution in [0.15, 0.2) is 0 Å². The van der Waals surface area contributed by atoms with Crippen LogP contribution in [0.4, 0.5) is 17.6 Å². The minimum atomic E-state index is -5.08. The van der Waals surface area contributed by atoms with Crippen LogP contribution in [0.2, 0.25) is 0 Å². The molecule has 0 saturated heterocycles. The van der Waals surface area contributed by atoms with Gasteiger partial charge in [0.2, 0.25) is 0 Å². The van der Waals surface area contributed by atoms with Crippen molar-refractivity contribution in [1.29, 1.82) is 0 Å². The molecule has 0 unspecified atom stereocenters. The normalized spacial score (nSPS) is 12.1. The number of unbranched alkanes of at least 4 members (excludes halogenated alkanes) is 6. The largest absolute Gasteiger partial charge is 0.395 e. The number of amides is 2. The van der Waals surface area contributed by atoms with Crippen molar-refractivity contribution in [2.75, 3.05) is 13.1 Å². The number of hydrogen-bond donors (Lipinski definition) is 2. The van der Waals surface area contributed by atoms with Gasteiger partial charge in [0.25, 0.3) is 11.8 Å². The summed E-state index contributed by atoms with van der Waals surface area (Å²) in [5.41, 5.74) is 0. The molecule has 0 fully saturated rings. The van der Waals surface area contributed by atoms with Crippen LogP contribution in [-0.2, 0) is 9.59 Å². The Hall–Kier alpha value is -1.34.